The minimum absolute atomic E-state index is 0.143. The Morgan fingerprint density at radius 1 is 0.758 bits per heavy atom. The minimum Gasteiger partial charge on any atom is -0.444 e. The Bertz CT molecular complexity index is 1300. The van der Waals surface area contributed by atoms with E-state index < -0.39 is 12.1 Å². The van der Waals surface area contributed by atoms with Gasteiger partial charge in [0.1, 0.15) is 6.61 Å². The molecule has 5 nitrogen and oxygen atoms in total. The van der Waals surface area contributed by atoms with Crippen molar-refractivity contribution in [2.45, 2.75) is 12.6 Å². The summed E-state index contributed by atoms with van der Waals surface area (Å²) < 4.78 is 7.27. The molecule has 1 amide bonds. The lowest BCUT2D eigenvalue weighted by atomic mass is 9.90. The summed E-state index contributed by atoms with van der Waals surface area (Å²) in [5, 5.41) is 0. The Balaban J connectivity index is 1.59. The highest BCUT2D eigenvalue weighted by Gasteiger charge is 2.38. The second kappa shape index (κ2) is 9.01. The lowest BCUT2D eigenvalue weighted by molar-refractivity contribution is 0.0948. The molecule has 0 saturated carbocycles. The highest BCUT2D eigenvalue weighted by atomic mass is 16.6. The second-order valence-electron chi connectivity index (χ2n) is 7.78. The molecule has 4 aromatic rings. The van der Waals surface area contributed by atoms with Crippen LogP contribution >= 0.6 is 0 Å². The van der Waals surface area contributed by atoms with Crippen molar-refractivity contribution in [2.75, 3.05) is 4.90 Å². The fourth-order valence-electron chi connectivity index (χ4n) is 4.11. The third-order valence-electron chi connectivity index (χ3n) is 5.66. The van der Waals surface area contributed by atoms with Gasteiger partial charge in [-0.3, -0.25) is 14.3 Å². The molecule has 1 aromatic heterocycles. The van der Waals surface area contributed by atoms with Crippen LogP contribution in [0.4, 0.5) is 10.5 Å². The van der Waals surface area contributed by atoms with Crippen molar-refractivity contribution in [3.05, 3.63) is 132 Å². The first-order valence-electron chi connectivity index (χ1n) is 10.8. The van der Waals surface area contributed by atoms with E-state index in [2.05, 4.69) is 0 Å². The average molecular weight is 434 g/mol. The molecule has 3 aromatic carbocycles. The molecule has 0 aliphatic carbocycles. The van der Waals surface area contributed by atoms with Gasteiger partial charge in [0.15, 0.2) is 0 Å². The molecule has 0 radical (unpaired) electrons. The van der Waals surface area contributed by atoms with Gasteiger partial charge < -0.3 is 4.74 Å². The maximum atomic E-state index is 13.5. The van der Waals surface area contributed by atoms with Crippen molar-refractivity contribution in [3.63, 3.8) is 0 Å². The predicted octanol–water partition coefficient (Wildman–Crippen LogP) is 6.11. The summed E-state index contributed by atoms with van der Waals surface area (Å²) in [4.78, 5) is 28.6. The molecule has 162 valence electrons. The zero-order valence-electron chi connectivity index (χ0n) is 17.9. The van der Waals surface area contributed by atoms with Gasteiger partial charge in [-0.1, -0.05) is 78.9 Å². The largest absolute Gasteiger partial charge is 0.444 e. The molecule has 5 rings (SSSR count). The fraction of sp³-hybridized carbons (Fsp3) is 0.0714. The van der Waals surface area contributed by atoms with E-state index in [1.54, 1.807) is 29.4 Å². The second-order valence-corrected chi connectivity index (χ2v) is 7.78. The third kappa shape index (κ3) is 4.08. The number of carbonyl (C=O) groups is 2. The van der Waals surface area contributed by atoms with Gasteiger partial charge in [-0.05, 0) is 41.0 Å². The van der Waals surface area contributed by atoms with Crippen molar-refractivity contribution in [2.24, 2.45) is 0 Å². The number of hydrogen-bond acceptors (Lipinski definition) is 3. The van der Waals surface area contributed by atoms with E-state index in [0.717, 1.165) is 16.7 Å². The van der Waals surface area contributed by atoms with Crippen LogP contribution in [0.25, 0.3) is 6.08 Å². The summed E-state index contributed by atoms with van der Waals surface area (Å²) >= 11 is 0. The summed E-state index contributed by atoms with van der Waals surface area (Å²) in [6.45, 7) is 0.143. The first-order valence-corrected chi connectivity index (χ1v) is 10.8. The van der Waals surface area contributed by atoms with E-state index in [1.165, 1.54) is 4.57 Å². The molecule has 0 saturated heterocycles. The maximum Gasteiger partial charge on any atom is 0.415 e. The number of fused-ring (bicyclic) bond motifs is 1. The number of benzene rings is 3. The summed E-state index contributed by atoms with van der Waals surface area (Å²) in [6, 6.07) is 29.6. The lowest BCUT2D eigenvalue weighted by Crippen LogP contribution is -2.40. The monoisotopic (exact) mass is 434 g/mol. The highest BCUT2D eigenvalue weighted by molar-refractivity contribution is 6.07. The molecule has 1 aliphatic rings. The number of rotatable bonds is 4. The van der Waals surface area contributed by atoms with Gasteiger partial charge in [0, 0.05) is 18.0 Å². The van der Waals surface area contributed by atoms with Crippen molar-refractivity contribution < 1.29 is 14.3 Å². The number of carbonyl (C=O) groups excluding carboxylic acids is 2. The van der Waals surface area contributed by atoms with E-state index in [9.17, 15) is 9.59 Å². The van der Waals surface area contributed by atoms with Gasteiger partial charge >= 0.3 is 6.09 Å². The van der Waals surface area contributed by atoms with Gasteiger partial charge in [-0.2, -0.15) is 0 Å². The quantitative estimate of drug-likeness (QED) is 0.389. The van der Waals surface area contributed by atoms with Gasteiger partial charge in [0.25, 0.3) is 5.91 Å². The Kier molecular flexibility index (Phi) is 5.60. The molecule has 5 heteroatoms. The maximum absolute atomic E-state index is 13.5. The minimum atomic E-state index is -0.626. The molecule has 0 N–H and O–H groups in total. The van der Waals surface area contributed by atoms with Crippen LogP contribution in [0.3, 0.4) is 0 Å². The third-order valence-corrected chi connectivity index (χ3v) is 5.66. The first-order chi connectivity index (χ1) is 16.2. The number of ether oxygens (including phenoxy) is 1. The van der Waals surface area contributed by atoms with Crippen molar-refractivity contribution >= 4 is 23.8 Å². The van der Waals surface area contributed by atoms with Crippen LogP contribution in [-0.2, 0) is 11.3 Å². The summed E-state index contributed by atoms with van der Waals surface area (Å²) in [5.74, 6) is -0.191. The number of amides is 1. The molecular weight excluding hydrogens is 412 g/mol. The van der Waals surface area contributed by atoms with Crippen LogP contribution < -0.4 is 4.90 Å². The standard InChI is InChI=1S/C28H22N2O3/c31-27(29-17-9-10-18-29)24-19-23-15-7-8-16-25(23)30(26(24)22-13-5-2-6-14-22)28(32)33-20-21-11-3-1-4-12-21/h1-19,26H,20H2. The van der Waals surface area contributed by atoms with Crippen LogP contribution in [0.2, 0.25) is 0 Å². The summed E-state index contributed by atoms with van der Waals surface area (Å²) in [5.41, 5.74) is 3.71. The van der Waals surface area contributed by atoms with E-state index in [-0.39, 0.29) is 12.5 Å². The molecule has 1 atom stereocenters. The van der Waals surface area contributed by atoms with Crippen molar-refractivity contribution in [3.8, 4) is 0 Å². The molecule has 0 bridgehead atoms. The van der Waals surface area contributed by atoms with E-state index in [0.29, 0.717) is 11.3 Å². The number of hydrogen-bond donors (Lipinski definition) is 0. The highest BCUT2D eigenvalue weighted by Crippen LogP contribution is 2.42. The van der Waals surface area contributed by atoms with Crippen LogP contribution in [0, 0.1) is 0 Å². The number of para-hydroxylation sites is 1. The zero-order valence-corrected chi connectivity index (χ0v) is 17.9. The molecule has 1 aliphatic heterocycles. The molecule has 33 heavy (non-hydrogen) atoms. The van der Waals surface area contributed by atoms with Crippen LogP contribution in [0.5, 0.6) is 0 Å². The first kappa shape index (κ1) is 20.5. The van der Waals surface area contributed by atoms with Gasteiger partial charge in [-0.25, -0.2) is 4.79 Å². The molecule has 0 fully saturated rings. The number of aromatic nitrogens is 1. The van der Waals surface area contributed by atoms with Gasteiger partial charge in [0.2, 0.25) is 0 Å². The van der Waals surface area contributed by atoms with Crippen molar-refractivity contribution in [1.29, 1.82) is 0 Å². The molecule has 0 spiro atoms. The Morgan fingerprint density at radius 2 is 1.39 bits per heavy atom. The van der Waals surface area contributed by atoms with Crippen LogP contribution in [-0.4, -0.2) is 16.6 Å². The van der Waals surface area contributed by atoms with Crippen molar-refractivity contribution in [1.82, 2.24) is 4.57 Å². The molecule has 1 unspecified atom stereocenters. The van der Waals surface area contributed by atoms with E-state index >= 15 is 0 Å². The van der Waals surface area contributed by atoms with E-state index in [4.69, 9.17) is 4.74 Å². The van der Waals surface area contributed by atoms with E-state index in [1.807, 2.05) is 91.0 Å². The average Bonchev–Trinajstić information content (AvgIpc) is 3.42. The Morgan fingerprint density at radius 3 is 2.12 bits per heavy atom. The summed E-state index contributed by atoms with van der Waals surface area (Å²) in [7, 11) is 0. The Labute approximate surface area is 192 Å². The number of anilines is 1. The molecular formula is C28H22N2O3. The summed E-state index contributed by atoms with van der Waals surface area (Å²) in [6.07, 6.45) is 4.79. The zero-order chi connectivity index (χ0) is 22.6. The lowest BCUT2D eigenvalue weighted by Gasteiger charge is -2.36. The molecule has 2 heterocycles. The van der Waals surface area contributed by atoms with Crippen LogP contribution in [0.1, 0.15) is 27.5 Å². The SMILES string of the molecule is O=C(OCc1ccccc1)N1c2ccccc2C=C(C(=O)n2cccc2)C1c1ccccc1. The van der Waals surface area contributed by atoms with Crippen LogP contribution in [0.15, 0.2) is 115 Å². The number of nitrogens with zero attached hydrogens (tertiary/aromatic N) is 2. The normalized spacial score (nSPS) is 14.8. The van der Waals surface area contributed by atoms with Gasteiger partial charge in [-0.15, -0.1) is 0 Å². The van der Waals surface area contributed by atoms with Gasteiger partial charge in [0.05, 0.1) is 11.7 Å². The fourth-order valence-corrected chi connectivity index (χ4v) is 4.11. The Hall–Kier alpha value is -4.38. The smallest absolute Gasteiger partial charge is 0.415 e. The predicted molar refractivity (Wildman–Crippen MR) is 128 cm³/mol. The topological polar surface area (TPSA) is 51.5 Å².